The number of aliphatic hydroxyl groups excluding tert-OH is 2. The SMILES string of the molecule is C=CCC1=C(O)/C(=C(/O)c2ccccc2)C(=O)[C@@](CC=C)(C[C@H](CC=C)C(=C)C)C1=O. The predicted molar refractivity (Wildman–Crippen MR) is 125 cm³/mol. The van der Waals surface area contributed by atoms with Crippen LogP contribution in [0.4, 0.5) is 0 Å². The molecule has 1 aromatic carbocycles. The number of carbonyl (C=O) groups excluding carboxylic acids is 2. The molecule has 0 radical (unpaired) electrons. The maximum Gasteiger partial charge on any atom is 0.184 e. The van der Waals surface area contributed by atoms with Gasteiger partial charge in [0.15, 0.2) is 11.6 Å². The molecule has 0 amide bonds. The van der Waals surface area contributed by atoms with E-state index >= 15 is 0 Å². The lowest BCUT2D eigenvalue weighted by molar-refractivity contribution is -0.138. The van der Waals surface area contributed by atoms with Gasteiger partial charge >= 0.3 is 0 Å². The number of carbonyl (C=O) groups is 2. The van der Waals surface area contributed by atoms with Crippen LogP contribution in [0, 0.1) is 11.3 Å². The van der Waals surface area contributed by atoms with Crippen LogP contribution in [0.5, 0.6) is 0 Å². The second-order valence-electron chi connectivity index (χ2n) is 7.91. The fourth-order valence-electron chi connectivity index (χ4n) is 4.07. The quantitative estimate of drug-likeness (QED) is 0.205. The minimum absolute atomic E-state index is 0.0630. The van der Waals surface area contributed by atoms with E-state index in [0.29, 0.717) is 12.0 Å². The molecule has 0 saturated heterocycles. The summed E-state index contributed by atoms with van der Waals surface area (Å²) < 4.78 is 0. The molecular weight excluding hydrogens is 388 g/mol. The standard InChI is InChI=1S/C27H30O4/c1-6-12-20(18(4)5)17-27(16-8-3)25(30)21(13-7-2)24(29)22(26(27)31)23(28)19-14-10-9-11-15-19/h6-11,14-15,20,28-29H,1-4,12-13,16-17H2,5H3/b23-22-/t20-,27-/m0/s1. The topological polar surface area (TPSA) is 74.6 Å². The Morgan fingerprint density at radius 2 is 1.71 bits per heavy atom. The summed E-state index contributed by atoms with van der Waals surface area (Å²) in [6, 6.07) is 8.48. The number of allylic oxidation sites excluding steroid dienone is 6. The lowest BCUT2D eigenvalue weighted by Gasteiger charge is -2.38. The van der Waals surface area contributed by atoms with E-state index in [9.17, 15) is 19.8 Å². The second kappa shape index (κ2) is 10.1. The highest BCUT2D eigenvalue weighted by Crippen LogP contribution is 2.47. The van der Waals surface area contributed by atoms with Gasteiger partial charge in [0.1, 0.15) is 22.5 Å². The van der Waals surface area contributed by atoms with E-state index < -0.39 is 22.7 Å². The third-order valence-corrected chi connectivity index (χ3v) is 5.76. The summed E-state index contributed by atoms with van der Waals surface area (Å²) in [6.45, 7) is 17.1. The van der Waals surface area contributed by atoms with Gasteiger partial charge in [0.2, 0.25) is 0 Å². The number of rotatable bonds is 10. The molecule has 4 heteroatoms. The fraction of sp³-hybridized carbons (Fsp3) is 0.259. The van der Waals surface area contributed by atoms with Crippen molar-refractivity contribution >= 4 is 17.3 Å². The molecule has 0 saturated carbocycles. The van der Waals surface area contributed by atoms with E-state index in [0.717, 1.165) is 5.57 Å². The van der Waals surface area contributed by atoms with Gasteiger partial charge in [-0.1, -0.05) is 60.7 Å². The van der Waals surface area contributed by atoms with E-state index in [1.165, 1.54) is 12.2 Å². The van der Waals surface area contributed by atoms with Crippen LogP contribution in [0.25, 0.3) is 5.76 Å². The van der Waals surface area contributed by atoms with Crippen molar-refractivity contribution in [1.29, 1.82) is 0 Å². The molecule has 31 heavy (non-hydrogen) atoms. The molecule has 0 heterocycles. The van der Waals surface area contributed by atoms with Crippen molar-refractivity contribution in [3.05, 3.63) is 103 Å². The van der Waals surface area contributed by atoms with Gasteiger partial charge in [0.05, 0.1) is 0 Å². The number of Topliss-reactive ketones (excluding diaryl/α,β-unsaturated/α-hetero) is 2. The summed E-state index contributed by atoms with van der Waals surface area (Å²) in [5.74, 6) is -2.10. The van der Waals surface area contributed by atoms with Crippen molar-refractivity contribution in [3.8, 4) is 0 Å². The molecule has 0 bridgehead atoms. The molecule has 0 fully saturated rings. The zero-order chi connectivity index (χ0) is 23.2. The summed E-state index contributed by atoms with van der Waals surface area (Å²) in [5.41, 5.74) is -0.487. The average molecular weight is 419 g/mol. The molecule has 0 spiro atoms. The average Bonchev–Trinajstić information content (AvgIpc) is 2.75. The molecule has 162 valence electrons. The van der Waals surface area contributed by atoms with E-state index in [1.807, 2.05) is 6.92 Å². The number of benzene rings is 1. The molecule has 4 nitrogen and oxygen atoms in total. The van der Waals surface area contributed by atoms with Gasteiger partial charge in [0.25, 0.3) is 0 Å². The summed E-state index contributed by atoms with van der Waals surface area (Å²) in [4.78, 5) is 27.4. The van der Waals surface area contributed by atoms with Crippen LogP contribution in [0.3, 0.4) is 0 Å². The van der Waals surface area contributed by atoms with Crippen LogP contribution in [0.15, 0.2) is 97.4 Å². The van der Waals surface area contributed by atoms with E-state index in [-0.39, 0.29) is 42.1 Å². The number of ketones is 2. The van der Waals surface area contributed by atoms with Crippen molar-refractivity contribution in [2.75, 3.05) is 0 Å². The van der Waals surface area contributed by atoms with Gasteiger partial charge in [-0.15, -0.1) is 19.7 Å². The predicted octanol–water partition coefficient (Wildman–Crippen LogP) is 6.22. The first kappa shape index (κ1) is 23.9. The third kappa shape index (κ3) is 4.53. The zero-order valence-electron chi connectivity index (χ0n) is 18.1. The van der Waals surface area contributed by atoms with E-state index in [2.05, 4.69) is 26.3 Å². The van der Waals surface area contributed by atoms with Gasteiger partial charge in [-0.3, -0.25) is 9.59 Å². The lowest BCUT2D eigenvalue weighted by atomic mass is 9.62. The summed E-state index contributed by atoms with van der Waals surface area (Å²) >= 11 is 0. The minimum Gasteiger partial charge on any atom is -0.507 e. The first-order valence-electron chi connectivity index (χ1n) is 10.2. The summed E-state index contributed by atoms with van der Waals surface area (Å²) in [6.07, 6.45) is 5.63. The first-order chi connectivity index (χ1) is 14.7. The fourth-order valence-corrected chi connectivity index (χ4v) is 4.07. The van der Waals surface area contributed by atoms with Crippen LogP contribution in [0.2, 0.25) is 0 Å². The third-order valence-electron chi connectivity index (χ3n) is 5.76. The lowest BCUT2D eigenvalue weighted by Crippen LogP contribution is -2.46. The molecule has 0 unspecified atom stereocenters. The molecule has 2 rings (SSSR count). The molecule has 1 aromatic rings. The van der Waals surface area contributed by atoms with Crippen LogP contribution >= 0.6 is 0 Å². The molecule has 2 N–H and O–H groups in total. The molecular formula is C27H30O4. The van der Waals surface area contributed by atoms with Crippen molar-refractivity contribution < 1.29 is 19.8 Å². The monoisotopic (exact) mass is 418 g/mol. The van der Waals surface area contributed by atoms with Crippen LogP contribution in [0.1, 0.15) is 38.2 Å². The minimum atomic E-state index is -1.50. The van der Waals surface area contributed by atoms with Crippen LogP contribution in [-0.2, 0) is 9.59 Å². The van der Waals surface area contributed by atoms with Crippen molar-refractivity contribution in [3.63, 3.8) is 0 Å². The molecule has 1 aliphatic carbocycles. The molecule has 0 aromatic heterocycles. The second-order valence-corrected chi connectivity index (χ2v) is 7.91. The van der Waals surface area contributed by atoms with Crippen LogP contribution < -0.4 is 0 Å². The number of hydrogen-bond acceptors (Lipinski definition) is 4. The summed E-state index contributed by atoms with van der Waals surface area (Å²) in [5, 5.41) is 21.9. The largest absolute Gasteiger partial charge is 0.507 e. The Morgan fingerprint density at radius 1 is 1.06 bits per heavy atom. The maximum absolute atomic E-state index is 13.8. The first-order valence-corrected chi connectivity index (χ1v) is 10.2. The van der Waals surface area contributed by atoms with Gasteiger partial charge in [0, 0.05) is 11.1 Å². The molecule has 1 aliphatic rings. The highest BCUT2D eigenvalue weighted by atomic mass is 16.3. The molecule has 0 aliphatic heterocycles. The van der Waals surface area contributed by atoms with Crippen molar-refractivity contribution in [2.24, 2.45) is 11.3 Å². The Kier molecular flexibility index (Phi) is 7.76. The van der Waals surface area contributed by atoms with Gasteiger partial charge < -0.3 is 10.2 Å². The van der Waals surface area contributed by atoms with Crippen LogP contribution in [-0.4, -0.2) is 21.8 Å². The van der Waals surface area contributed by atoms with Gasteiger partial charge in [-0.2, -0.15) is 0 Å². The van der Waals surface area contributed by atoms with Gasteiger partial charge in [-0.05, 0) is 38.5 Å². The number of hydrogen-bond donors (Lipinski definition) is 2. The Morgan fingerprint density at radius 3 is 2.23 bits per heavy atom. The molecule has 2 atom stereocenters. The Labute approximate surface area is 184 Å². The zero-order valence-corrected chi connectivity index (χ0v) is 18.1. The van der Waals surface area contributed by atoms with E-state index in [4.69, 9.17) is 0 Å². The van der Waals surface area contributed by atoms with Gasteiger partial charge in [-0.25, -0.2) is 0 Å². The highest BCUT2D eigenvalue weighted by Gasteiger charge is 2.53. The highest BCUT2D eigenvalue weighted by molar-refractivity contribution is 6.26. The normalized spacial score (nSPS) is 21.5. The van der Waals surface area contributed by atoms with Crippen molar-refractivity contribution in [1.82, 2.24) is 0 Å². The summed E-state index contributed by atoms with van der Waals surface area (Å²) in [7, 11) is 0. The van der Waals surface area contributed by atoms with Crippen molar-refractivity contribution in [2.45, 2.75) is 32.6 Å². The number of aliphatic hydroxyl groups is 2. The smallest absolute Gasteiger partial charge is 0.184 e. The maximum atomic E-state index is 13.8. The Balaban J connectivity index is 2.82. The Bertz CT molecular complexity index is 978. The Hall–Kier alpha value is -3.40. The van der Waals surface area contributed by atoms with E-state index in [1.54, 1.807) is 36.4 Å².